The van der Waals surface area contributed by atoms with Crippen molar-refractivity contribution in [2.45, 2.75) is 72.6 Å². The predicted octanol–water partition coefficient (Wildman–Crippen LogP) is 3.95. The van der Waals surface area contributed by atoms with Crippen LogP contribution in [0, 0.1) is 12.3 Å². The van der Waals surface area contributed by atoms with E-state index >= 15 is 0 Å². The highest BCUT2D eigenvalue weighted by atomic mass is 16.5. The Hall–Kier alpha value is -2.45. The van der Waals surface area contributed by atoms with Gasteiger partial charge in [0.25, 0.3) is 0 Å². The number of ether oxygens (including phenoxy) is 1. The van der Waals surface area contributed by atoms with E-state index < -0.39 is 17.7 Å². The number of likely N-dealkylation sites (N-methyl/N-ethyl adjacent to an activating group) is 2. The maximum Gasteiger partial charge on any atom is 0.326 e. The molecule has 1 fully saturated rings. The molecule has 1 unspecified atom stereocenters. The number of urea groups is 1. The van der Waals surface area contributed by atoms with Crippen LogP contribution in [0.25, 0.3) is 0 Å². The molecule has 1 N–H and O–H groups in total. The van der Waals surface area contributed by atoms with Crippen LogP contribution in [0.15, 0.2) is 24.3 Å². The lowest BCUT2D eigenvalue weighted by Crippen LogP contribution is -2.72. The minimum absolute atomic E-state index is 0.140. The second kappa shape index (κ2) is 13.0. The molecule has 2 atom stereocenters. The Balaban J connectivity index is 2.16. The molecule has 196 valence electrons. The number of aryl methyl sites for hydroxylation is 1. The van der Waals surface area contributed by atoms with Crippen LogP contribution in [0.3, 0.4) is 0 Å². The molecule has 1 heterocycles. The molecule has 0 spiro atoms. The first-order valence-corrected chi connectivity index (χ1v) is 12.9. The molecule has 1 aliphatic rings. The zero-order chi connectivity index (χ0) is 26.2. The maximum absolute atomic E-state index is 13.3. The first-order chi connectivity index (χ1) is 16.6. The van der Waals surface area contributed by atoms with Gasteiger partial charge in [0.2, 0.25) is 11.8 Å². The SMILES string of the molecule is CCC[C@@H](NC(=O)N1C(=O)C(CC)(CC)C1OCC(=O)N(CC)CCN(C)C)c1ccc(C)cc1. The molecular formula is C27H44N4O4. The Labute approximate surface area is 211 Å². The molecule has 1 aliphatic heterocycles. The fraction of sp³-hybridized carbons (Fsp3) is 0.667. The van der Waals surface area contributed by atoms with E-state index in [1.165, 1.54) is 4.90 Å². The standard InChI is InChI=1S/C27H44N4O4/c1-8-12-22(21-15-13-20(5)14-16-21)28-26(34)31-24(33)27(9-2,10-3)25(31)35-19-23(32)30(11-4)18-17-29(6)7/h13-16,22,25H,8-12,17-19H2,1-7H3,(H,28,34)/t22-,25?/m1/s1. The quantitative estimate of drug-likeness (QED) is 0.425. The summed E-state index contributed by atoms with van der Waals surface area (Å²) in [7, 11) is 3.93. The zero-order valence-corrected chi connectivity index (χ0v) is 22.6. The third-order valence-corrected chi connectivity index (χ3v) is 7.10. The first kappa shape index (κ1) is 28.8. The van der Waals surface area contributed by atoms with Crippen molar-refractivity contribution in [1.82, 2.24) is 20.0 Å². The van der Waals surface area contributed by atoms with Crippen LogP contribution < -0.4 is 5.32 Å². The lowest BCUT2D eigenvalue weighted by Gasteiger charge is -2.53. The van der Waals surface area contributed by atoms with Crippen LogP contribution >= 0.6 is 0 Å². The maximum atomic E-state index is 13.3. The minimum Gasteiger partial charge on any atom is -0.347 e. The van der Waals surface area contributed by atoms with Gasteiger partial charge in [0.05, 0.1) is 11.5 Å². The molecule has 8 heteroatoms. The summed E-state index contributed by atoms with van der Waals surface area (Å²) in [4.78, 5) is 44.3. The lowest BCUT2D eigenvalue weighted by molar-refractivity contribution is -0.212. The Morgan fingerprint density at radius 2 is 1.71 bits per heavy atom. The van der Waals surface area contributed by atoms with E-state index in [1.807, 2.05) is 71.0 Å². The van der Waals surface area contributed by atoms with Gasteiger partial charge in [-0.05, 0) is 52.8 Å². The number of hydrogen-bond acceptors (Lipinski definition) is 5. The summed E-state index contributed by atoms with van der Waals surface area (Å²) in [6.45, 7) is 11.6. The highest BCUT2D eigenvalue weighted by Crippen LogP contribution is 2.46. The normalized spacial score (nSPS) is 17.8. The van der Waals surface area contributed by atoms with Gasteiger partial charge >= 0.3 is 6.03 Å². The fourth-order valence-corrected chi connectivity index (χ4v) is 4.62. The number of hydrogen-bond donors (Lipinski definition) is 1. The van der Waals surface area contributed by atoms with E-state index in [9.17, 15) is 14.4 Å². The van der Waals surface area contributed by atoms with Gasteiger partial charge in [0.1, 0.15) is 6.61 Å². The van der Waals surface area contributed by atoms with Gasteiger partial charge in [0, 0.05) is 19.6 Å². The number of imide groups is 1. The summed E-state index contributed by atoms with van der Waals surface area (Å²) in [5.74, 6) is -0.379. The monoisotopic (exact) mass is 488 g/mol. The highest BCUT2D eigenvalue weighted by molar-refractivity contribution is 6.03. The number of nitrogens with zero attached hydrogens (tertiary/aromatic N) is 3. The molecule has 1 aromatic carbocycles. The summed E-state index contributed by atoms with van der Waals surface area (Å²) in [6, 6.07) is 7.38. The molecule has 1 aromatic rings. The van der Waals surface area contributed by atoms with E-state index in [4.69, 9.17) is 4.74 Å². The summed E-state index contributed by atoms with van der Waals surface area (Å²) < 4.78 is 6.03. The molecule has 8 nitrogen and oxygen atoms in total. The van der Waals surface area contributed by atoms with E-state index in [0.717, 1.165) is 30.5 Å². The lowest BCUT2D eigenvalue weighted by atomic mass is 9.72. The molecule has 0 aliphatic carbocycles. The average molecular weight is 489 g/mol. The predicted molar refractivity (Wildman–Crippen MR) is 138 cm³/mol. The van der Waals surface area contributed by atoms with Crippen molar-refractivity contribution in [3.05, 3.63) is 35.4 Å². The Morgan fingerprint density at radius 1 is 1.09 bits per heavy atom. The molecular weight excluding hydrogens is 444 g/mol. The number of likely N-dealkylation sites (tertiary alicyclic amines) is 1. The van der Waals surface area contributed by atoms with Crippen molar-refractivity contribution >= 4 is 17.8 Å². The Kier molecular flexibility index (Phi) is 10.7. The smallest absolute Gasteiger partial charge is 0.326 e. The van der Waals surface area contributed by atoms with Crippen LogP contribution in [0.5, 0.6) is 0 Å². The Morgan fingerprint density at radius 3 is 2.23 bits per heavy atom. The van der Waals surface area contributed by atoms with Crippen molar-refractivity contribution in [2.24, 2.45) is 5.41 Å². The zero-order valence-electron chi connectivity index (χ0n) is 22.6. The number of nitrogens with one attached hydrogen (secondary N) is 1. The van der Waals surface area contributed by atoms with Crippen LogP contribution in [0.1, 0.15) is 70.5 Å². The average Bonchev–Trinajstić information content (AvgIpc) is 2.83. The second-order valence-electron chi connectivity index (χ2n) is 9.68. The highest BCUT2D eigenvalue weighted by Gasteiger charge is 2.62. The molecule has 4 amide bonds. The van der Waals surface area contributed by atoms with Crippen molar-refractivity contribution in [1.29, 1.82) is 0 Å². The molecule has 0 saturated carbocycles. The van der Waals surface area contributed by atoms with Crippen LogP contribution in [-0.4, -0.2) is 79.1 Å². The number of carbonyl (C=O) groups is 3. The van der Waals surface area contributed by atoms with E-state index in [1.54, 1.807) is 4.90 Å². The van der Waals surface area contributed by atoms with Gasteiger partial charge < -0.3 is 19.9 Å². The van der Waals surface area contributed by atoms with Gasteiger partial charge in [0.15, 0.2) is 6.23 Å². The number of β-lactam (4-membered cyclic amide) rings is 1. The summed E-state index contributed by atoms with van der Waals surface area (Å²) in [5, 5.41) is 3.04. The van der Waals surface area contributed by atoms with Gasteiger partial charge in [-0.2, -0.15) is 0 Å². The van der Waals surface area contributed by atoms with Gasteiger partial charge in [-0.25, -0.2) is 9.69 Å². The van der Waals surface area contributed by atoms with Gasteiger partial charge in [-0.3, -0.25) is 9.59 Å². The van der Waals surface area contributed by atoms with Crippen molar-refractivity contribution in [3.63, 3.8) is 0 Å². The van der Waals surface area contributed by atoms with E-state index in [0.29, 0.717) is 25.9 Å². The molecule has 1 saturated heterocycles. The van der Waals surface area contributed by atoms with Crippen molar-refractivity contribution < 1.29 is 19.1 Å². The topological polar surface area (TPSA) is 82.2 Å². The number of rotatable bonds is 13. The van der Waals surface area contributed by atoms with Gasteiger partial charge in [-0.1, -0.05) is 57.0 Å². The number of carbonyl (C=O) groups excluding carboxylic acids is 3. The molecule has 0 aromatic heterocycles. The van der Waals surface area contributed by atoms with E-state index in [-0.39, 0.29) is 24.5 Å². The third-order valence-electron chi connectivity index (χ3n) is 7.10. The first-order valence-electron chi connectivity index (χ1n) is 12.9. The number of amides is 4. The summed E-state index contributed by atoms with van der Waals surface area (Å²) >= 11 is 0. The Bertz CT molecular complexity index is 851. The molecule has 0 bridgehead atoms. The fourth-order valence-electron chi connectivity index (χ4n) is 4.62. The van der Waals surface area contributed by atoms with Crippen LogP contribution in [0.4, 0.5) is 4.79 Å². The van der Waals surface area contributed by atoms with Crippen LogP contribution in [0.2, 0.25) is 0 Å². The molecule has 35 heavy (non-hydrogen) atoms. The summed E-state index contributed by atoms with van der Waals surface area (Å²) in [5.41, 5.74) is 1.36. The van der Waals surface area contributed by atoms with Gasteiger partial charge in [-0.15, -0.1) is 0 Å². The van der Waals surface area contributed by atoms with Crippen LogP contribution in [-0.2, 0) is 14.3 Å². The second-order valence-corrected chi connectivity index (χ2v) is 9.68. The minimum atomic E-state index is -0.789. The molecule has 0 radical (unpaired) electrons. The summed E-state index contributed by atoms with van der Waals surface area (Å²) in [6.07, 6.45) is 1.96. The van der Waals surface area contributed by atoms with E-state index in [2.05, 4.69) is 12.2 Å². The third kappa shape index (κ3) is 6.61. The molecule has 2 rings (SSSR count). The van der Waals surface area contributed by atoms with Crippen molar-refractivity contribution in [2.75, 3.05) is 40.3 Å². The number of benzene rings is 1. The van der Waals surface area contributed by atoms with Crippen molar-refractivity contribution in [3.8, 4) is 0 Å². The largest absolute Gasteiger partial charge is 0.347 e.